The lowest BCUT2D eigenvalue weighted by atomic mass is 10.1. The van der Waals surface area contributed by atoms with Crippen LogP contribution in [0.4, 0.5) is 0 Å². The highest BCUT2D eigenvalue weighted by Gasteiger charge is 2.10. The summed E-state index contributed by atoms with van der Waals surface area (Å²) in [5, 5.41) is 0. The number of carbonyl (C=O) groups excluding carboxylic acids is 1. The van der Waals surface area contributed by atoms with Crippen molar-refractivity contribution in [2.24, 2.45) is 0 Å². The molecule has 0 saturated carbocycles. The van der Waals surface area contributed by atoms with Crippen LogP contribution in [0.15, 0.2) is 12.3 Å². The smallest absolute Gasteiger partial charge is 0.376 e. The topological polar surface area (TPSA) is 52.1 Å². The maximum atomic E-state index is 11.0. The second kappa shape index (κ2) is 3.98. The maximum Gasteiger partial charge on any atom is 0.376 e. The van der Waals surface area contributed by atoms with Gasteiger partial charge in [0.15, 0.2) is 0 Å². The van der Waals surface area contributed by atoms with Crippen molar-refractivity contribution in [1.82, 2.24) is 9.97 Å². The average Bonchev–Trinajstić information content (AvgIpc) is 2.17. The third kappa shape index (κ3) is 2.24. The molecule has 0 aromatic carbocycles. The Morgan fingerprint density at radius 2 is 2.23 bits per heavy atom. The first kappa shape index (κ1) is 9.64. The maximum absolute atomic E-state index is 11.0. The summed E-state index contributed by atoms with van der Waals surface area (Å²) < 4.78 is 4.51. The van der Waals surface area contributed by atoms with Crippen molar-refractivity contribution in [2.45, 2.75) is 19.8 Å². The number of carbonyl (C=O) groups is 1. The standard InChI is InChI=1S/C9H12N2O2/c1-6(2)7-4-5-10-8(11-7)9(12)13-3/h4-6H,1-3H3. The van der Waals surface area contributed by atoms with Crippen LogP contribution in [0.1, 0.15) is 36.1 Å². The van der Waals surface area contributed by atoms with Crippen LogP contribution < -0.4 is 0 Å². The van der Waals surface area contributed by atoms with Crippen LogP contribution in [-0.2, 0) is 4.74 Å². The largest absolute Gasteiger partial charge is 0.463 e. The van der Waals surface area contributed by atoms with Crippen molar-refractivity contribution >= 4 is 5.97 Å². The molecule has 4 heteroatoms. The van der Waals surface area contributed by atoms with E-state index >= 15 is 0 Å². The van der Waals surface area contributed by atoms with E-state index in [0.717, 1.165) is 5.69 Å². The van der Waals surface area contributed by atoms with Gasteiger partial charge in [-0.2, -0.15) is 0 Å². The molecule has 0 atom stereocenters. The van der Waals surface area contributed by atoms with E-state index in [1.807, 2.05) is 13.8 Å². The van der Waals surface area contributed by atoms with Crippen molar-refractivity contribution in [3.05, 3.63) is 23.8 Å². The van der Waals surface area contributed by atoms with Crippen molar-refractivity contribution in [2.75, 3.05) is 7.11 Å². The molecular formula is C9H12N2O2. The first-order chi connectivity index (χ1) is 6.15. The summed E-state index contributed by atoms with van der Waals surface area (Å²) in [5.41, 5.74) is 0.843. The quantitative estimate of drug-likeness (QED) is 0.645. The molecule has 70 valence electrons. The lowest BCUT2D eigenvalue weighted by Crippen LogP contribution is -2.09. The Kier molecular flexibility index (Phi) is 2.95. The molecule has 0 unspecified atom stereocenters. The molecule has 1 heterocycles. The van der Waals surface area contributed by atoms with E-state index in [4.69, 9.17) is 0 Å². The third-order valence-corrected chi connectivity index (χ3v) is 1.64. The van der Waals surface area contributed by atoms with Crippen LogP contribution in [-0.4, -0.2) is 23.0 Å². The molecule has 0 aliphatic carbocycles. The fraction of sp³-hybridized carbons (Fsp3) is 0.444. The van der Waals surface area contributed by atoms with Gasteiger partial charge in [-0.05, 0) is 12.0 Å². The van der Waals surface area contributed by atoms with E-state index in [9.17, 15) is 4.79 Å². The van der Waals surface area contributed by atoms with Gasteiger partial charge in [0, 0.05) is 11.9 Å². The van der Waals surface area contributed by atoms with Crippen molar-refractivity contribution in [3.8, 4) is 0 Å². The van der Waals surface area contributed by atoms with Gasteiger partial charge < -0.3 is 4.74 Å². The van der Waals surface area contributed by atoms with E-state index in [-0.39, 0.29) is 11.7 Å². The summed E-state index contributed by atoms with van der Waals surface area (Å²) in [6.45, 7) is 4.01. The molecular weight excluding hydrogens is 168 g/mol. The molecule has 0 aliphatic heterocycles. The number of hydrogen-bond acceptors (Lipinski definition) is 4. The number of esters is 1. The minimum absolute atomic E-state index is 0.119. The highest BCUT2D eigenvalue weighted by Crippen LogP contribution is 2.10. The molecule has 1 aromatic heterocycles. The van der Waals surface area contributed by atoms with Gasteiger partial charge in [0.1, 0.15) is 0 Å². The minimum atomic E-state index is -0.498. The van der Waals surface area contributed by atoms with Crippen molar-refractivity contribution in [1.29, 1.82) is 0 Å². The number of ether oxygens (including phenoxy) is 1. The SMILES string of the molecule is COC(=O)c1nccc(C(C)C)n1. The molecule has 0 aliphatic rings. The van der Waals surface area contributed by atoms with E-state index in [0.29, 0.717) is 0 Å². The molecule has 0 fully saturated rings. The second-order valence-electron chi connectivity index (χ2n) is 2.95. The summed E-state index contributed by atoms with van der Waals surface area (Å²) in [7, 11) is 1.31. The number of nitrogens with zero attached hydrogens (tertiary/aromatic N) is 2. The molecule has 0 saturated heterocycles. The lowest BCUT2D eigenvalue weighted by molar-refractivity contribution is 0.0586. The predicted octanol–water partition coefficient (Wildman–Crippen LogP) is 1.39. The second-order valence-corrected chi connectivity index (χ2v) is 2.95. The van der Waals surface area contributed by atoms with Crippen LogP contribution in [0.2, 0.25) is 0 Å². The minimum Gasteiger partial charge on any atom is -0.463 e. The monoisotopic (exact) mass is 180 g/mol. The fourth-order valence-electron chi connectivity index (χ4n) is 0.884. The molecule has 13 heavy (non-hydrogen) atoms. The van der Waals surface area contributed by atoms with E-state index in [1.54, 1.807) is 12.3 Å². The number of rotatable bonds is 2. The van der Waals surface area contributed by atoms with Crippen LogP contribution in [0.25, 0.3) is 0 Å². The van der Waals surface area contributed by atoms with Gasteiger partial charge in [-0.15, -0.1) is 0 Å². The predicted molar refractivity (Wildman–Crippen MR) is 47.5 cm³/mol. The van der Waals surface area contributed by atoms with Gasteiger partial charge >= 0.3 is 5.97 Å². The number of aromatic nitrogens is 2. The van der Waals surface area contributed by atoms with Crippen LogP contribution >= 0.6 is 0 Å². The van der Waals surface area contributed by atoms with Gasteiger partial charge in [0.2, 0.25) is 5.82 Å². The first-order valence-electron chi connectivity index (χ1n) is 4.06. The molecule has 0 N–H and O–H groups in total. The summed E-state index contributed by atoms with van der Waals surface area (Å²) >= 11 is 0. The Hall–Kier alpha value is -1.45. The number of hydrogen-bond donors (Lipinski definition) is 0. The average molecular weight is 180 g/mol. The summed E-state index contributed by atoms with van der Waals surface area (Å²) in [6.07, 6.45) is 1.56. The van der Waals surface area contributed by atoms with E-state index in [1.165, 1.54) is 7.11 Å². The summed E-state index contributed by atoms with van der Waals surface area (Å²) in [4.78, 5) is 18.9. The zero-order chi connectivity index (χ0) is 9.84. The van der Waals surface area contributed by atoms with Gasteiger partial charge in [-0.25, -0.2) is 14.8 Å². The fourth-order valence-corrected chi connectivity index (χ4v) is 0.884. The Morgan fingerprint density at radius 1 is 1.54 bits per heavy atom. The molecule has 0 amide bonds. The Morgan fingerprint density at radius 3 is 2.77 bits per heavy atom. The highest BCUT2D eigenvalue weighted by molar-refractivity contribution is 5.84. The van der Waals surface area contributed by atoms with Crippen LogP contribution in [0.5, 0.6) is 0 Å². The van der Waals surface area contributed by atoms with Crippen LogP contribution in [0, 0.1) is 0 Å². The van der Waals surface area contributed by atoms with E-state index in [2.05, 4.69) is 14.7 Å². The molecule has 0 spiro atoms. The first-order valence-corrected chi connectivity index (χ1v) is 4.06. The Labute approximate surface area is 77.0 Å². The van der Waals surface area contributed by atoms with Crippen molar-refractivity contribution < 1.29 is 9.53 Å². The Balaban J connectivity index is 2.98. The van der Waals surface area contributed by atoms with Gasteiger partial charge in [-0.1, -0.05) is 13.8 Å². The zero-order valence-electron chi connectivity index (χ0n) is 7.94. The van der Waals surface area contributed by atoms with Crippen molar-refractivity contribution in [3.63, 3.8) is 0 Å². The highest BCUT2D eigenvalue weighted by atomic mass is 16.5. The molecule has 0 bridgehead atoms. The normalized spacial score (nSPS) is 10.2. The van der Waals surface area contributed by atoms with Crippen LogP contribution in [0.3, 0.4) is 0 Å². The third-order valence-electron chi connectivity index (χ3n) is 1.64. The number of methoxy groups -OCH3 is 1. The van der Waals surface area contributed by atoms with Gasteiger partial charge in [0.05, 0.1) is 7.11 Å². The van der Waals surface area contributed by atoms with Gasteiger partial charge in [-0.3, -0.25) is 0 Å². The molecule has 1 aromatic rings. The van der Waals surface area contributed by atoms with E-state index < -0.39 is 5.97 Å². The summed E-state index contributed by atoms with van der Waals surface area (Å²) in [6, 6.07) is 1.79. The molecule has 0 radical (unpaired) electrons. The lowest BCUT2D eigenvalue weighted by Gasteiger charge is -2.04. The zero-order valence-corrected chi connectivity index (χ0v) is 7.94. The molecule has 4 nitrogen and oxygen atoms in total. The van der Waals surface area contributed by atoms with Gasteiger partial charge in [0.25, 0.3) is 0 Å². The summed E-state index contributed by atoms with van der Waals surface area (Å²) in [5.74, 6) is -0.0948. The molecule has 1 rings (SSSR count). The Bertz CT molecular complexity index is 310.